The van der Waals surface area contributed by atoms with E-state index in [2.05, 4.69) is 56.1 Å². The van der Waals surface area contributed by atoms with Crippen LogP contribution in [0, 0.1) is 0 Å². The Labute approximate surface area is 161 Å². The zero-order valence-corrected chi connectivity index (χ0v) is 16.1. The number of halogens is 2. The van der Waals surface area contributed by atoms with Gasteiger partial charge < -0.3 is 16.0 Å². The van der Waals surface area contributed by atoms with Gasteiger partial charge in [0.05, 0.1) is 23.5 Å². The molecule has 3 N–H and O–H groups in total. The maximum absolute atomic E-state index is 6.10. The Balaban J connectivity index is 1.68. The van der Waals surface area contributed by atoms with Gasteiger partial charge in [0.15, 0.2) is 0 Å². The number of hydrogen-bond acceptors (Lipinski definition) is 3. The zero-order chi connectivity index (χ0) is 17.3. The molecule has 6 heteroatoms. The van der Waals surface area contributed by atoms with Gasteiger partial charge >= 0.3 is 0 Å². The fraction of sp³-hybridized carbons (Fsp3) is 0.316. The van der Waals surface area contributed by atoms with Crippen LogP contribution in [0.3, 0.4) is 0 Å². The van der Waals surface area contributed by atoms with Gasteiger partial charge in [-0.3, -0.25) is 4.99 Å². The molecule has 0 atom stereocenters. The topological polar surface area (TPSA) is 48.5 Å². The van der Waals surface area contributed by atoms with E-state index in [0.29, 0.717) is 6.54 Å². The van der Waals surface area contributed by atoms with Gasteiger partial charge in [-0.2, -0.15) is 0 Å². The van der Waals surface area contributed by atoms with E-state index < -0.39 is 0 Å². The first-order valence-electron chi connectivity index (χ1n) is 8.49. The molecule has 0 amide bonds. The minimum atomic E-state index is -0.134. The highest BCUT2D eigenvalue weighted by Crippen LogP contribution is 2.37. The molecule has 1 saturated heterocycles. The summed E-state index contributed by atoms with van der Waals surface area (Å²) in [5.74, 6) is 1.01. The van der Waals surface area contributed by atoms with Crippen molar-refractivity contribution < 1.29 is 0 Å². The lowest BCUT2D eigenvalue weighted by Crippen LogP contribution is -2.57. The van der Waals surface area contributed by atoms with Crippen LogP contribution in [0.4, 0.5) is 11.4 Å². The Kier molecular flexibility index (Phi) is 4.71. The molecule has 0 unspecified atom stereocenters. The predicted molar refractivity (Wildman–Crippen MR) is 109 cm³/mol. The second kappa shape index (κ2) is 6.98. The van der Waals surface area contributed by atoms with Crippen LogP contribution in [-0.4, -0.2) is 24.5 Å². The smallest absolute Gasteiger partial charge is 0.127 e. The van der Waals surface area contributed by atoms with E-state index in [1.165, 1.54) is 0 Å². The van der Waals surface area contributed by atoms with Crippen molar-refractivity contribution in [2.45, 2.75) is 24.9 Å². The lowest BCUT2D eigenvalue weighted by atomic mass is 9.84. The standard InChI is InChI=1S/C19H20BrClN4/c20-14-4-5-16-17(11-14)24-18(19(25-16)6-8-22-9-7-19)23-12-13-2-1-3-15(21)10-13/h1-5,10-11,22,25H,6-9,12H2,(H,23,24). The minimum Gasteiger partial charge on any atom is -0.371 e. The summed E-state index contributed by atoms with van der Waals surface area (Å²) < 4.78 is 1.05. The number of amidine groups is 1. The molecular weight excluding hydrogens is 400 g/mol. The number of aliphatic imine (C=N–C) groups is 1. The summed E-state index contributed by atoms with van der Waals surface area (Å²) in [4.78, 5) is 4.94. The van der Waals surface area contributed by atoms with Gasteiger partial charge in [-0.05, 0) is 61.8 Å². The number of fused-ring (bicyclic) bond motifs is 1. The summed E-state index contributed by atoms with van der Waals surface area (Å²) in [7, 11) is 0. The van der Waals surface area contributed by atoms with Crippen molar-refractivity contribution in [3.63, 3.8) is 0 Å². The second-order valence-corrected chi connectivity index (χ2v) is 7.92. The van der Waals surface area contributed by atoms with Crippen LogP contribution in [0.2, 0.25) is 5.02 Å². The molecule has 2 aromatic rings. The van der Waals surface area contributed by atoms with Crippen molar-refractivity contribution >= 4 is 44.7 Å². The van der Waals surface area contributed by atoms with Crippen LogP contribution >= 0.6 is 27.5 Å². The molecule has 2 aromatic carbocycles. The largest absolute Gasteiger partial charge is 0.371 e. The number of piperidine rings is 1. The van der Waals surface area contributed by atoms with Crippen LogP contribution in [0.25, 0.3) is 0 Å². The first-order valence-corrected chi connectivity index (χ1v) is 9.67. The van der Waals surface area contributed by atoms with E-state index >= 15 is 0 Å². The molecule has 1 fully saturated rings. The van der Waals surface area contributed by atoms with Crippen molar-refractivity contribution in [3.8, 4) is 0 Å². The van der Waals surface area contributed by atoms with Crippen molar-refractivity contribution in [2.75, 3.05) is 23.7 Å². The van der Waals surface area contributed by atoms with Gasteiger partial charge in [0.1, 0.15) is 5.84 Å². The van der Waals surface area contributed by atoms with E-state index in [0.717, 1.165) is 58.2 Å². The highest BCUT2D eigenvalue weighted by Gasteiger charge is 2.40. The van der Waals surface area contributed by atoms with E-state index in [9.17, 15) is 0 Å². The fourth-order valence-electron chi connectivity index (χ4n) is 3.50. The summed E-state index contributed by atoms with van der Waals surface area (Å²) in [5, 5.41) is 11.5. The maximum atomic E-state index is 6.10. The van der Waals surface area contributed by atoms with Crippen LogP contribution in [-0.2, 0) is 6.54 Å². The summed E-state index contributed by atoms with van der Waals surface area (Å²) in [6.45, 7) is 2.58. The van der Waals surface area contributed by atoms with Crippen molar-refractivity contribution in [3.05, 3.63) is 57.5 Å². The third-order valence-electron chi connectivity index (χ3n) is 4.83. The molecule has 0 bridgehead atoms. The third-order valence-corrected chi connectivity index (χ3v) is 5.56. The number of nitrogens with one attached hydrogen (secondary N) is 3. The van der Waals surface area contributed by atoms with E-state index in [1.54, 1.807) is 0 Å². The highest BCUT2D eigenvalue weighted by molar-refractivity contribution is 9.10. The number of nitrogens with zero attached hydrogens (tertiary/aromatic N) is 1. The Morgan fingerprint density at radius 3 is 2.72 bits per heavy atom. The molecule has 4 nitrogen and oxygen atoms in total. The minimum absolute atomic E-state index is 0.134. The zero-order valence-electron chi connectivity index (χ0n) is 13.8. The lowest BCUT2D eigenvalue weighted by Gasteiger charge is -2.44. The van der Waals surface area contributed by atoms with Gasteiger partial charge in [-0.1, -0.05) is 39.7 Å². The fourth-order valence-corrected chi connectivity index (χ4v) is 4.08. The van der Waals surface area contributed by atoms with Crippen molar-refractivity contribution in [2.24, 2.45) is 4.99 Å². The molecule has 0 radical (unpaired) electrons. The molecule has 2 aliphatic rings. The maximum Gasteiger partial charge on any atom is 0.127 e. The number of rotatable bonds is 2. The molecule has 0 aliphatic carbocycles. The molecule has 2 aliphatic heterocycles. The molecular formula is C19H20BrClN4. The molecule has 130 valence electrons. The summed E-state index contributed by atoms with van der Waals surface area (Å²) in [6, 6.07) is 14.2. The summed E-state index contributed by atoms with van der Waals surface area (Å²) in [6.07, 6.45) is 2.01. The average molecular weight is 420 g/mol. The molecule has 25 heavy (non-hydrogen) atoms. The monoisotopic (exact) mass is 418 g/mol. The van der Waals surface area contributed by atoms with Crippen LogP contribution in [0.5, 0.6) is 0 Å². The molecule has 4 rings (SSSR count). The van der Waals surface area contributed by atoms with Crippen LogP contribution in [0.15, 0.2) is 51.9 Å². The van der Waals surface area contributed by atoms with Gasteiger partial charge in [0, 0.05) is 9.50 Å². The number of benzene rings is 2. The first kappa shape index (κ1) is 16.9. The Morgan fingerprint density at radius 2 is 1.92 bits per heavy atom. The predicted octanol–water partition coefficient (Wildman–Crippen LogP) is 4.66. The quantitative estimate of drug-likeness (QED) is 0.663. The third kappa shape index (κ3) is 3.54. The Bertz CT molecular complexity index is 815. The number of anilines is 2. The van der Waals surface area contributed by atoms with Gasteiger partial charge in [-0.25, -0.2) is 0 Å². The average Bonchev–Trinajstić information content (AvgIpc) is 2.61. The summed E-state index contributed by atoms with van der Waals surface area (Å²) in [5.41, 5.74) is 3.17. The number of hydrogen-bond donors (Lipinski definition) is 3. The van der Waals surface area contributed by atoms with E-state index in [-0.39, 0.29) is 5.54 Å². The second-order valence-electron chi connectivity index (χ2n) is 6.57. The van der Waals surface area contributed by atoms with Crippen LogP contribution < -0.4 is 16.0 Å². The molecule has 0 aromatic heterocycles. The van der Waals surface area contributed by atoms with Gasteiger partial charge in [-0.15, -0.1) is 0 Å². The van der Waals surface area contributed by atoms with E-state index in [1.807, 2.05) is 18.2 Å². The van der Waals surface area contributed by atoms with E-state index in [4.69, 9.17) is 16.6 Å². The Morgan fingerprint density at radius 1 is 1.08 bits per heavy atom. The lowest BCUT2D eigenvalue weighted by molar-refractivity contribution is 0.419. The highest BCUT2D eigenvalue weighted by atomic mass is 79.9. The van der Waals surface area contributed by atoms with Crippen molar-refractivity contribution in [1.82, 2.24) is 5.32 Å². The van der Waals surface area contributed by atoms with Crippen LogP contribution in [0.1, 0.15) is 18.4 Å². The Hall–Kier alpha value is -1.56. The SMILES string of the molecule is Clc1cccc(CN=C2Nc3cc(Br)ccc3NC23CCNCC3)c1. The molecule has 0 saturated carbocycles. The molecule has 2 heterocycles. The van der Waals surface area contributed by atoms with Crippen molar-refractivity contribution in [1.29, 1.82) is 0 Å². The first-order chi connectivity index (χ1) is 12.1. The van der Waals surface area contributed by atoms with Gasteiger partial charge in [0.2, 0.25) is 0 Å². The van der Waals surface area contributed by atoms with Gasteiger partial charge in [0.25, 0.3) is 0 Å². The summed E-state index contributed by atoms with van der Waals surface area (Å²) >= 11 is 9.65. The normalized spacial score (nSPS) is 20.0. The molecule has 1 spiro atoms.